The first-order valence-corrected chi connectivity index (χ1v) is 8.51. The Labute approximate surface area is 146 Å². The van der Waals surface area contributed by atoms with E-state index in [2.05, 4.69) is 15.7 Å². The summed E-state index contributed by atoms with van der Waals surface area (Å²) in [6.45, 7) is 1.82. The molecule has 1 aliphatic carbocycles. The Hall–Kier alpha value is -2.41. The molecule has 1 heterocycles. The fourth-order valence-electron chi connectivity index (χ4n) is 3.23. The maximum atomic E-state index is 13.0. The molecule has 0 unspecified atom stereocenters. The van der Waals surface area contributed by atoms with E-state index in [0.29, 0.717) is 0 Å². The maximum Gasteiger partial charge on any atom is 0.315 e. The van der Waals surface area contributed by atoms with E-state index in [4.69, 9.17) is 0 Å². The van der Waals surface area contributed by atoms with Gasteiger partial charge in [0.05, 0.1) is 30.1 Å². The van der Waals surface area contributed by atoms with Gasteiger partial charge >= 0.3 is 6.03 Å². The standard InChI is InChI=1S/C18H23FN4O2/c1-13(21-17(25)22-18(12-24)8-2-3-9-18)14-10-20-23(11-14)16-6-4-15(19)5-7-16/h4-7,10-11,13,24H,2-3,8-9,12H2,1H3,(H2,21,22,25)/t13-/m1/s1. The van der Waals surface area contributed by atoms with Gasteiger partial charge in [-0.05, 0) is 44.0 Å². The molecule has 0 radical (unpaired) electrons. The average Bonchev–Trinajstić information content (AvgIpc) is 3.25. The molecular weight excluding hydrogens is 323 g/mol. The second-order valence-corrected chi connectivity index (χ2v) is 6.66. The van der Waals surface area contributed by atoms with Crippen molar-refractivity contribution < 1.29 is 14.3 Å². The van der Waals surface area contributed by atoms with Crippen molar-refractivity contribution in [3.05, 3.63) is 48.0 Å². The van der Waals surface area contributed by atoms with Gasteiger partial charge in [-0.2, -0.15) is 5.10 Å². The monoisotopic (exact) mass is 346 g/mol. The first kappa shape index (κ1) is 17.4. The number of carbonyl (C=O) groups excluding carboxylic acids is 1. The highest BCUT2D eigenvalue weighted by molar-refractivity contribution is 5.75. The summed E-state index contributed by atoms with van der Waals surface area (Å²) >= 11 is 0. The number of hydrogen-bond acceptors (Lipinski definition) is 3. The molecule has 3 N–H and O–H groups in total. The molecule has 134 valence electrons. The lowest BCUT2D eigenvalue weighted by molar-refractivity contribution is 0.162. The molecule has 0 aliphatic heterocycles. The van der Waals surface area contributed by atoms with E-state index in [9.17, 15) is 14.3 Å². The lowest BCUT2D eigenvalue weighted by Crippen LogP contribution is -2.53. The van der Waals surface area contributed by atoms with Crippen molar-refractivity contribution in [1.82, 2.24) is 20.4 Å². The minimum Gasteiger partial charge on any atom is -0.394 e. The van der Waals surface area contributed by atoms with Gasteiger partial charge in [0, 0.05) is 11.8 Å². The summed E-state index contributed by atoms with van der Waals surface area (Å²) in [7, 11) is 0. The quantitative estimate of drug-likeness (QED) is 0.779. The summed E-state index contributed by atoms with van der Waals surface area (Å²) in [6.07, 6.45) is 7.10. The summed E-state index contributed by atoms with van der Waals surface area (Å²) in [5, 5.41) is 19.6. The summed E-state index contributed by atoms with van der Waals surface area (Å²) < 4.78 is 14.6. The van der Waals surface area contributed by atoms with Crippen molar-refractivity contribution in [2.75, 3.05) is 6.61 Å². The molecule has 1 aromatic carbocycles. The number of aliphatic hydroxyl groups excluding tert-OH is 1. The van der Waals surface area contributed by atoms with Crippen LogP contribution >= 0.6 is 0 Å². The normalized spacial score (nSPS) is 17.2. The zero-order valence-electron chi connectivity index (χ0n) is 14.2. The van der Waals surface area contributed by atoms with E-state index in [1.54, 1.807) is 29.2 Å². The third kappa shape index (κ3) is 3.99. The number of nitrogens with zero attached hydrogens (tertiary/aromatic N) is 2. The number of benzene rings is 1. The number of carbonyl (C=O) groups is 1. The Balaban J connectivity index is 1.62. The van der Waals surface area contributed by atoms with Crippen molar-refractivity contribution in [2.24, 2.45) is 0 Å². The number of nitrogens with one attached hydrogen (secondary N) is 2. The number of halogens is 1. The van der Waals surface area contributed by atoms with Gasteiger partial charge in [0.2, 0.25) is 0 Å². The molecule has 1 aliphatic rings. The van der Waals surface area contributed by atoms with Crippen LogP contribution in [0.3, 0.4) is 0 Å². The average molecular weight is 346 g/mol. The van der Waals surface area contributed by atoms with Crippen molar-refractivity contribution >= 4 is 6.03 Å². The third-order valence-electron chi connectivity index (χ3n) is 4.78. The van der Waals surface area contributed by atoms with Crippen LogP contribution < -0.4 is 10.6 Å². The van der Waals surface area contributed by atoms with E-state index >= 15 is 0 Å². The molecule has 1 fully saturated rings. The van der Waals surface area contributed by atoms with Gasteiger partial charge in [-0.15, -0.1) is 0 Å². The van der Waals surface area contributed by atoms with Gasteiger partial charge in [-0.3, -0.25) is 0 Å². The molecule has 0 saturated heterocycles. The third-order valence-corrected chi connectivity index (χ3v) is 4.78. The molecule has 2 amide bonds. The highest BCUT2D eigenvalue weighted by atomic mass is 19.1. The van der Waals surface area contributed by atoms with Gasteiger partial charge < -0.3 is 15.7 Å². The van der Waals surface area contributed by atoms with Crippen LogP contribution in [0.25, 0.3) is 5.69 Å². The van der Waals surface area contributed by atoms with Gasteiger partial charge in [0.1, 0.15) is 5.82 Å². The van der Waals surface area contributed by atoms with Gasteiger partial charge in [0.25, 0.3) is 0 Å². The Morgan fingerprint density at radius 3 is 2.68 bits per heavy atom. The summed E-state index contributed by atoms with van der Waals surface area (Å²) in [5.41, 5.74) is 1.08. The van der Waals surface area contributed by atoms with Gasteiger partial charge in [0.15, 0.2) is 0 Å². The van der Waals surface area contributed by atoms with Crippen molar-refractivity contribution in [2.45, 2.75) is 44.2 Å². The minimum atomic E-state index is -0.498. The summed E-state index contributed by atoms with van der Waals surface area (Å²) in [6, 6.07) is 5.50. The Bertz CT molecular complexity index is 723. The fourth-order valence-corrected chi connectivity index (χ4v) is 3.23. The number of rotatable bonds is 5. The first-order chi connectivity index (χ1) is 12.0. The second kappa shape index (κ2) is 7.23. The van der Waals surface area contributed by atoms with Gasteiger partial charge in [-0.25, -0.2) is 13.9 Å². The van der Waals surface area contributed by atoms with Crippen LogP contribution in [0.4, 0.5) is 9.18 Å². The van der Waals surface area contributed by atoms with E-state index in [0.717, 1.165) is 36.9 Å². The molecule has 2 aromatic rings. The molecule has 7 heteroatoms. The Morgan fingerprint density at radius 1 is 1.36 bits per heavy atom. The second-order valence-electron chi connectivity index (χ2n) is 6.66. The molecule has 1 atom stereocenters. The number of aliphatic hydroxyl groups is 1. The number of aromatic nitrogens is 2. The number of urea groups is 1. The molecule has 0 bridgehead atoms. The van der Waals surface area contributed by atoms with Crippen LogP contribution in [-0.2, 0) is 0 Å². The summed E-state index contributed by atoms with van der Waals surface area (Å²) in [5.74, 6) is -0.299. The molecule has 0 spiro atoms. The lowest BCUT2D eigenvalue weighted by atomic mass is 9.99. The Morgan fingerprint density at radius 2 is 2.04 bits per heavy atom. The molecule has 3 rings (SSSR count). The van der Waals surface area contributed by atoms with Crippen molar-refractivity contribution in [3.63, 3.8) is 0 Å². The van der Waals surface area contributed by atoms with Gasteiger partial charge in [-0.1, -0.05) is 12.8 Å². The topological polar surface area (TPSA) is 79.2 Å². The smallest absolute Gasteiger partial charge is 0.315 e. The van der Waals surface area contributed by atoms with Crippen molar-refractivity contribution in [1.29, 1.82) is 0 Å². The van der Waals surface area contributed by atoms with Crippen LogP contribution in [0.5, 0.6) is 0 Å². The zero-order chi connectivity index (χ0) is 17.9. The largest absolute Gasteiger partial charge is 0.394 e. The molecule has 1 aromatic heterocycles. The van der Waals surface area contributed by atoms with Crippen LogP contribution in [0.1, 0.15) is 44.2 Å². The van der Waals surface area contributed by atoms with Crippen LogP contribution in [0.2, 0.25) is 0 Å². The van der Waals surface area contributed by atoms with Crippen LogP contribution in [0.15, 0.2) is 36.7 Å². The van der Waals surface area contributed by atoms with E-state index in [1.807, 2.05) is 6.92 Å². The predicted molar refractivity (Wildman–Crippen MR) is 91.9 cm³/mol. The molecule has 1 saturated carbocycles. The van der Waals surface area contributed by atoms with E-state index in [1.165, 1.54) is 12.1 Å². The lowest BCUT2D eigenvalue weighted by Gasteiger charge is -2.28. The molecular formula is C18H23FN4O2. The van der Waals surface area contributed by atoms with Crippen molar-refractivity contribution in [3.8, 4) is 5.69 Å². The van der Waals surface area contributed by atoms with Crippen LogP contribution in [-0.4, -0.2) is 33.1 Å². The zero-order valence-corrected chi connectivity index (χ0v) is 14.2. The fraction of sp³-hybridized carbons (Fsp3) is 0.444. The SMILES string of the molecule is C[C@@H](NC(=O)NC1(CO)CCCC1)c1cnn(-c2ccc(F)cc2)c1. The Kier molecular flexibility index (Phi) is 5.03. The van der Waals surface area contributed by atoms with Crippen LogP contribution in [0, 0.1) is 5.82 Å². The molecule has 6 nitrogen and oxygen atoms in total. The highest BCUT2D eigenvalue weighted by Gasteiger charge is 2.34. The first-order valence-electron chi connectivity index (χ1n) is 8.51. The number of hydrogen-bond donors (Lipinski definition) is 3. The predicted octanol–water partition coefficient (Wildman–Crippen LogP) is 2.68. The van der Waals surface area contributed by atoms with E-state index < -0.39 is 5.54 Å². The minimum absolute atomic E-state index is 0.0443. The van der Waals surface area contributed by atoms with E-state index in [-0.39, 0.29) is 24.5 Å². The molecule has 25 heavy (non-hydrogen) atoms. The maximum absolute atomic E-state index is 13.0. The number of amides is 2. The summed E-state index contributed by atoms with van der Waals surface area (Å²) in [4.78, 5) is 12.3. The highest BCUT2D eigenvalue weighted by Crippen LogP contribution is 2.29.